The summed E-state index contributed by atoms with van der Waals surface area (Å²) < 4.78 is 11.4. The first kappa shape index (κ1) is 17.5. The molecule has 1 aliphatic rings. The Hall–Kier alpha value is -2.27. The Morgan fingerprint density at radius 3 is 2.64 bits per heavy atom. The van der Waals surface area contributed by atoms with E-state index in [9.17, 15) is 0 Å². The fourth-order valence-electron chi connectivity index (χ4n) is 3.40. The van der Waals surface area contributed by atoms with Crippen molar-refractivity contribution in [1.29, 1.82) is 0 Å². The van der Waals surface area contributed by atoms with Gasteiger partial charge in [-0.25, -0.2) is 4.98 Å². The van der Waals surface area contributed by atoms with Crippen molar-refractivity contribution in [3.8, 4) is 11.5 Å². The molecule has 2 heterocycles. The average Bonchev–Trinajstić information content (AvgIpc) is 2.95. The highest BCUT2D eigenvalue weighted by Gasteiger charge is 2.26. The summed E-state index contributed by atoms with van der Waals surface area (Å²) in [5.74, 6) is 2.35. The van der Waals surface area contributed by atoms with Crippen LogP contribution in [0.5, 0.6) is 11.5 Å². The van der Waals surface area contributed by atoms with Crippen molar-refractivity contribution in [1.82, 2.24) is 9.88 Å². The Kier molecular flexibility index (Phi) is 5.76. The van der Waals surface area contributed by atoms with Gasteiger partial charge in [-0.1, -0.05) is 6.07 Å². The number of hydrogen-bond donors (Lipinski definition) is 1. The largest absolute Gasteiger partial charge is 0.494 e. The Labute approximate surface area is 150 Å². The highest BCUT2D eigenvalue weighted by molar-refractivity contribution is 5.65. The second kappa shape index (κ2) is 8.21. The van der Waals surface area contributed by atoms with Crippen molar-refractivity contribution < 1.29 is 9.47 Å². The summed E-state index contributed by atoms with van der Waals surface area (Å²) >= 11 is 0. The van der Waals surface area contributed by atoms with Gasteiger partial charge in [-0.2, -0.15) is 0 Å². The van der Waals surface area contributed by atoms with Crippen molar-refractivity contribution in [2.24, 2.45) is 0 Å². The second-order valence-corrected chi connectivity index (χ2v) is 6.56. The zero-order chi connectivity index (χ0) is 17.6. The van der Waals surface area contributed by atoms with Crippen LogP contribution in [0.15, 0.2) is 42.6 Å². The molecule has 2 aromatic rings. The lowest BCUT2D eigenvalue weighted by Gasteiger charge is -2.25. The fraction of sp³-hybridized carbons (Fsp3) is 0.450. The fourth-order valence-corrected chi connectivity index (χ4v) is 3.40. The lowest BCUT2D eigenvalue weighted by atomic mass is 10.2. The molecule has 1 aliphatic heterocycles. The van der Waals surface area contributed by atoms with Gasteiger partial charge in [0.15, 0.2) is 0 Å². The van der Waals surface area contributed by atoms with Crippen LogP contribution in [-0.4, -0.2) is 42.2 Å². The van der Waals surface area contributed by atoms with Crippen molar-refractivity contribution in [2.45, 2.75) is 38.8 Å². The van der Waals surface area contributed by atoms with Crippen LogP contribution in [0.1, 0.15) is 26.7 Å². The molecule has 1 fully saturated rings. The van der Waals surface area contributed by atoms with Gasteiger partial charge in [0.1, 0.15) is 23.9 Å². The van der Waals surface area contributed by atoms with Gasteiger partial charge >= 0.3 is 0 Å². The zero-order valence-electron chi connectivity index (χ0n) is 15.2. The number of anilines is 2. The van der Waals surface area contributed by atoms with Crippen LogP contribution in [0.3, 0.4) is 0 Å². The SMILES string of the molecule is COc1cc(OCCN2C(C)CCC2C)ccc1Nc1ccccn1. The zero-order valence-corrected chi connectivity index (χ0v) is 15.2. The van der Waals surface area contributed by atoms with E-state index in [-0.39, 0.29) is 0 Å². The molecule has 0 bridgehead atoms. The van der Waals surface area contributed by atoms with Gasteiger partial charge < -0.3 is 14.8 Å². The van der Waals surface area contributed by atoms with Crippen molar-refractivity contribution in [2.75, 3.05) is 25.6 Å². The number of ether oxygens (including phenoxy) is 2. The first-order valence-corrected chi connectivity index (χ1v) is 8.92. The lowest BCUT2D eigenvalue weighted by molar-refractivity contribution is 0.170. The lowest BCUT2D eigenvalue weighted by Crippen LogP contribution is -2.36. The molecule has 5 heteroatoms. The number of rotatable bonds is 7. The number of nitrogens with one attached hydrogen (secondary N) is 1. The molecule has 0 amide bonds. The standard InChI is InChI=1S/C20H27N3O2/c1-15-7-8-16(2)23(15)12-13-25-17-9-10-18(19(14-17)24-3)22-20-6-4-5-11-21-20/h4-6,9-11,14-16H,7-8,12-13H2,1-3H3,(H,21,22). The number of benzene rings is 1. The quantitative estimate of drug-likeness (QED) is 0.822. The van der Waals surface area contributed by atoms with E-state index in [4.69, 9.17) is 9.47 Å². The van der Waals surface area contributed by atoms with Crippen LogP contribution in [0.25, 0.3) is 0 Å². The van der Waals surface area contributed by atoms with Crippen LogP contribution in [0.2, 0.25) is 0 Å². The molecule has 0 saturated carbocycles. The summed E-state index contributed by atoms with van der Waals surface area (Å²) in [7, 11) is 1.66. The molecule has 134 valence electrons. The van der Waals surface area contributed by atoms with Gasteiger partial charge in [0.25, 0.3) is 0 Å². The van der Waals surface area contributed by atoms with E-state index in [0.29, 0.717) is 18.7 Å². The maximum Gasteiger partial charge on any atom is 0.146 e. The van der Waals surface area contributed by atoms with Gasteiger partial charge in [0.2, 0.25) is 0 Å². The predicted molar refractivity (Wildman–Crippen MR) is 101 cm³/mol. The molecular weight excluding hydrogens is 314 g/mol. The average molecular weight is 341 g/mol. The molecule has 2 atom stereocenters. The molecule has 1 N–H and O–H groups in total. The normalized spacial score (nSPS) is 20.4. The summed E-state index contributed by atoms with van der Waals surface area (Å²) in [4.78, 5) is 6.80. The van der Waals surface area contributed by atoms with Gasteiger partial charge in [0.05, 0.1) is 12.8 Å². The van der Waals surface area contributed by atoms with Gasteiger partial charge in [0, 0.05) is 30.9 Å². The molecule has 1 saturated heterocycles. The summed E-state index contributed by atoms with van der Waals surface area (Å²) in [6.07, 6.45) is 4.32. The first-order chi connectivity index (χ1) is 12.2. The minimum Gasteiger partial charge on any atom is -0.494 e. The molecule has 0 spiro atoms. The highest BCUT2D eigenvalue weighted by Crippen LogP contribution is 2.31. The van der Waals surface area contributed by atoms with Crippen LogP contribution >= 0.6 is 0 Å². The van der Waals surface area contributed by atoms with Gasteiger partial charge in [-0.3, -0.25) is 4.90 Å². The number of likely N-dealkylation sites (tertiary alicyclic amines) is 1. The van der Waals surface area contributed by atoms with Crippen LogP contribution in [-0.2, 0) is 0 Å². The second-order valence-electron chi connectivity index (χ2n) is 6.56. The molecule has 25 heavy (non-hydrogen) atoms. The Morgan fingerprint density at radius 1 is 1.16 bits per heavy atom. The third-order valence-corrected chi connectivity index (χ3v) is 4.85. The third-order valence-electron chi connectivity index (χ3n) is 4.85. The van der Waals surface area contributed by atoms with Crippen molar-refractivity contribution in [3.63, 3.8) is 0 Å². The number of nitrogens with zero attached hydrogens (tertiary/aromatic N) is 2. The van der Waals surface area contributed by atoms with Crippen LogP contribution in [0, 0.1) is 0 Å². The smallest absolute Gasteiger partial charge is 0.146 e. The van der Waals surface area contributed by atoms with E-state index in [2.05, 4.69) is 29.0 Å². The minimum absolute atomic E-state index is 0.651. The van der Waals surface area contributed by atoms with E-state index in [0.717, 1.165) is 29.5 Å². The van der Waals surface area contributed by atoms with Crippen LogP contribution < -0.4 is 14.8 Å². The van der Waals surface area contributed by atoms with E-state index in [1.54, 1.807) is 13.3 Å². The highest BCUT2D eigenvalue weighted by atomic mass is 16.5. The first-order valence-electron chi connectivity index (χ1n) is 8.92. The molecule has 0 radical (unpaired) electrons. The van der Waals surface area contributed by atoms with Crippen LogP contribution in [0.4, 0.5) is 11.5 Å². The van der Waals surface area contributed by atoms with Gasteiger partial charge in [-0.05, 0) is 51.0 Å². The topological polar surface area (TPSA) is 46.6 Å². The van der Waals surface area contributed by atoms with Gasteiger partial charge in [-0.15, -0.1) is 0 Å². The number of methoxy groups -OCH3 is 1. The monoisotopic (exact) mass is 341 g/mol. The number of aromatic nitrogens is 1. The molecule has 1 aromatic heterocycles. The Bertz CT molecular complexity index is 668. The molecule has 1 aromatic carbocycles. The molecule has 0 aliphatic carbocycles. The molecule has 2 unspecified atom stereocenters. The number of pyridine rings is 1. The molecule has 3 rings (SSSR count). The maximum atomic E-state index is 5.95. The summed E-state index contributed by atoms with van der Waals surface area (Å²) in [5.41, 5.74) is 0.871. The molecular formula is C20H27N3O2. The van der Waals surface area contributed by atoms with E-state index in [1.807, 2.05) is 36.4 Å². The summed E-state index contributed by atoms with van der Waals surface area (Å²) in [6, 6.07) is 12.9. The summed E-state index contributed by atoms with van der Waals surface area (Å²) in [5, 5.41) is 3.26. The Morgan fingerprint density at radius 2 is 1.96 bits per heavy atom. The minimum atomic E-state index is 0.651. The van der Waals surface area contributed by atoms with E-state index in [1.165, 1.54) is 12.8 Å². The summed E-state index contributed by atoms with van der Waals surface area (Å²) in [6.45, 7) is 6.23. The van der Waals surface area contributed by atoms with Crippen molar-refractivity contribution >= 4 is 11.5 Å². The number of hydrogen-bond acceptors (Lipinski definition) is 5. The predicted octanol–water partition coefficient (Wildman–Crippen LogP) is 4.09. The van der Waals surface area contributed by atoms with E-state index < -0.39 is 0 Å². The maximum absolute atomic E-state index is 5.95. The van der Waals surface area contributed by atoms with Crippen molar-refractivity contribution in [3.05, 3.63) is 42.6 Å². The molecule has 5 nitrogen and oxygen atoms in total. The third kappa shape index (κ3) is 4.42. The Balaban J connectivity index is 1.59. The van der Waals surface area contributed by atoms with E-state index >= 15 is 0 Å².